The summed E-state index contributed by atoms with van der Waals surface area (Å²) < 4.78 is 10.2. The van der Waals surface area contributed by atoms with Crippen LogP contribution in [0.25, 0.3) is 0 Å². The number of cyclic esters (lactones) is 2. The molecule has 1 amide bonds. The molecule has 3 heterocycles. The van der Waals surface area contributed by atoms with Crippen molar-refractivity contribution in [3.05, 3.63) is 46.2 Å². The molecule has 1 saturated heterocycles. The van der Waals surface area contributed by atoms with Gasteiger partial charge in [-0.1, -0.05) is 18.6 Å². The minimum atomic E-state index is -0.317. The van der Waals surface area contributed by atoms with Crippen molar-refractivity contribution in [1.29, 1.82) is 0 Å². The molecule has 7 heteroatoms. The zero-order valence-electron chi connectivity index (χ0n) is 18.3. The van der Waals surface area contributed by atoms with Crippen LogP contribution in [0.5, 0.6) is 0 Å². The molecule has 0 spiro atoms. The normalized spacial score (nSPS) is 22.2. The monoisotopic (exact) mass is 426 g/mol. The van der Waals surface area contributed by atoms with Crippen LogP contribution in [0.3, 0.4) is 0 Å². The van der Waals surface area contributed by atoms with E-state index in [0.29, 0.717) is 36.8 Å². The van der Waals surface area contributed by atoms with Crippen LogP contribution in [0.15, 0.2) is 29.5 Å². The Hall–Kier alpha value is -2.67. The summed E-state index contributed by atoms with van der Waals surface area (Å²) in [6.45, 7) is 3.85. The molecular weight excluding hydrogens is 396 g/mol. The van der Waals surface area contributed by atoms with Gasteiger partial charge in [0.05, 0.1) is 16.8 Å². The number of carbonyl (C=O) groups excluding carboxylic acids is 3. The highest BCUT2D eigenvalue weighted by Crippen LogP contribution is 2.25. The maximum absolute atomic E-state index is 12.9. The average Bonchev–Trinajstić information content (AvgIpc) is 3.32. The molecule has 31 heavy (non-hydrogen) atoms. The van der Waals surface area contributed by atoms with Crippen LogP contribution in [0, 0.1) is 0 Å². The highest BCUT2D eigenvalue weighted by atomic mass is 16.5. The summed E-state index contributed by atoms with van der Waals surface area (Å²) in [5, 5.41) is 0. The van der Waals surface area contributed by atoms with Crippen LogP contribution in [-0.2, 0) is 32.1 Å². The number of nitrogens with zero attached hydrogens (tertiary/aromatic N) is 2. The molecule has 3 aliphatic rings. The highest BCUT2D eigenvalue weighted by molar-refractivity contribution is 5.93. The van der Waals surface area contributed by atoms with E-state index in [0.717, 1.165) is 49.9 Å². The Morgan fingerprint density at radius 3 is 2.65 bits per heavy atom. The van der Waals surface area contributed by atoms with E-state index in [4.69, 9.17) is 9.47 Å². The molecule has 166 valence electrons. The summed E-state index contributed by atoms with van der Waals surface area (Å²) >= 11 is 0. The van der Waals surface area contributed by atoms with Gasteiger partial charge < -0.3 is 19.3 Å². The zero-order valence-corrected chi connectivity index (χ0v) is 18.3. The standard InChI is InChI=1S/C24H30N2O5/c1-16-21(15-31-23(16)28)26-11-4-3-5-19(7-9-22(26)27)25(2)12-10-17-6-8-20-18(13-17)14-30-24(20)29/h6,8,13,19H,3-5,7,9-12,14-15H2,1-2H3/t19-/m0/s1. The van der Waals surface area contributed by atoms with Crippen LogP contribution < -0.4 is 0 Å². The van der Waals surface area contributed by atoms with Gasteiger partial charge >= 0.3 is 11.9 Å². The predicted molar refractivity (Wildman–Crippen MR) is 114 cm³/mol. The van der Waals surface area contributed by atoms with Crippen molar-refractivity contribution in [3.8, 4) is 0 Å². The molecular formula is C24H30N2O5. The van der Waals surface area contributed by atoms with Gasteiger partial charge in [0.2, 0.25) is 5.91 Å². The second-order valence-electron chi connectivity index (χ2n) is 8.68. The van der Waals surface area contributed by atoms with Gasteiger partial charge in [-0.05, 0) is 51.3 Å². The third-order valence-corrected chi connectivity index (χ3v) is 6.69. The minimum absolute atomic E-state index is 0.0799. The second-order valence-corrected chi connectivity index (χ2v) is 8.68. The molecule has 4 rings (SSSR count). The molecule has 1 fully saturated rings. The molecule has 0 radical (unpaired) electrons. The van der Waals surface area contributed by atoms with Crippen LogP contribution in [0.1, 0.15) is 60.5 Å². The first-order valence-electron chi connectivity index (χ1n) is 11.1. The van der Waals surface area contributed by atoms with Crippen molar-refractivity contribution >= 4 is 17.8 Å². The molecule has 1 atom stereocenters. The minimum Gasteiger partial charge on any atom is -0.457 e. The van der Waals surface area contributed by atoms with E-state index in [1.807, 2.05) is 12.1 Å². The van der Waals surface area contributed by atoms with Crippen LogP contribution in [0.2, 0.25) is 0 Å². The molecule has 0 saturated carbocycles. The first-order valence-corrected chi connectivity index (χ1v) is 11.1. The number of ether oxygens (including phenoxy) is 2. The lowest BCUT2D eigenvalue weighted by Gasteiger charge is -2.28. The summed E-state index contributed by atoms with van der Waals surface area (Å²) in [5.41, 5.74) is 4.14. The maximum atomic E-state index is 12.9. The van der Waals surface area contributed by atoms with E-state index in [2.05, 4.69) is 18.0 Å². The number of esters is 2. The molecule has 0 aromatic heterocycles. The molecule has 0 unspecified atom stereocenters. The molecule has 1 aromatic rings. The second kappa shape index (κ2) is 9.22. The fraction of sp³-hybridized carbons (Fsp3) is 0.542. The van der Waals surface area contributed by atoms with Crippen molar-refractivity contribution in [2.75, 3.05) is 26.7 Å². The molecule has 0 N–H and O–H groups in total. The largest absolute Gasteiger partial charge is 0.457 e. The van der Waals surface area contributed by atoms with Gasteiger partial charge in [0, 0.05) is 31.1 Å². The van der Waals surface area contributed by atoms with Crippen molar-refractivity contribution < 1.29 is 23.9 Å². The number of rotatable bonds is 5. The summed E-state index contributed by atoms with van der Waals surface area (Å²) in [7, 11) is 2.13. The first-order chi connectivity index (χ1) is 14.9. The quantitative estimate of drug-likeness (QED) is 0.674. The average molecular weight is 427 g/mol. The smallest absolute Gasteiger partial charge is 0.338 e. The summed E-state index contributed by atoms with van der Waals surface area (Å²) in [5.74, 6) is -0.471. The number of likely N-dealkylation sites (N-methyl/N-ethyl adjacent to an activating group) is 1. The first kappa shape index (κ1) is 21.6. The van der Waals surface area contributed by atoms with Gasteiger partial charge in [-0.3, -0.25) is 4.79 Å². The number of hydrogen-bond donors (Lipinski definition) is 0. The van der Waals surface area contributed by atoms with E-state index in [9.17, 15) is 14.4 Å². The van der Waals surface area contributed by atoms with Crippen LogP contribution in [-0.4, -0.2) is 60.4 Å². The number of fused-ring (bicyclic) bond motifs is 1. The van der Waals surface area contributed by atoms with Gasteiger partial charge in [-0.25, -0.2) is 9.59 Å². The SMILES string of the molecule is CC1=C(N2CCCC[C@H](N(C)CCc3ccc4c(c3)COC4=O)CCC2=O)COC1=O. The van der Waals surface area contributed by atoms with Gasteiger partial charge in [0.25, 0.3) is 0 Å². The van der Waals surface area contributed by atoms with E-state index >= 15 is 0 Å². The Labute approximate surface area is 183 Å². The Morgan fingerprint density at radius 1 is 1.06 bits per heavy atom. The van der Waals surface area contributed by atoms with Crippen LogP contribution >= 0.6 is 0 Å². The van der Waals surface area contributed by atoms with Crippen molar-refractivity contribution in [3.63, 3.8) is 0 Å². The lowest BCUT2D eigenvalue weighted by Crippen LogP contribution is -2.35. The molecule has 0 aliphatic carbocycles. The molecule has 7 nitrogen and oxygen atoms in total. The number of hydrogen-bond acceptors (Lipinski definition) is 6. The number of benzene rings is 1. The van der Waals surface area contributed by atoms with E-state index in [-0.39, 0.29) is 24.5 Å². The van der Waals surface area contributed by atoms with Crippen molar-refractivity contribution in [1.82, 2.24) is 9.80 Å². The predicted octanol–water partition coefficient (Wildman–Crippen LogP) is 2.82. The number of amides is 1. The Balaban J connectivity index is 1.34. The third-order valence-electron chi connectivity index (χ3n) is 6.69. The lowest BCUT2D eigenvalue weighted by atomic mass is 10.0. The lowest BCUT2D eigenvalue weighted by molar-refractivity contribution is -0.136. The van der Waals surface area contributed by atoms with Gasteiger partial charge in [0.15, 0.2) is 0 Å². The fourth-order valence-corrected chi connectivity index (χ4v) is 4.65. The van der Waals surface area contributed by atoms with E-state index < -0.39 is 0 Å². The summed E-state index contributed by atoms with van der Waals surface area (Å²) in [6.07, 6.45) is 5.17. The van der Waals surface area contributed by atoms with Gasteiger partial charge in [0.1, 0.15) is 13.2 Å². The Morgan fingerprint density at radius 2 is 1.87 bits per heavy atom. The van der Waals surface area contributed by atoms with E-state index in [1.54, 1.807) is 11.8 Å². The molecule has 1 aromatic carbocycles. The highest BCUT2D eigenvalue weighted by Gasteiger charge is 2.30. The third kappa shape index (κ3) is 4.66. The summed E-state index contributed by atoms with van der Waals surface area (Å²) in [6, 6.07) is 6.28. The molecule has 3 aliphatic heterocycles. The fourth-order valence-electron chi connectivity index (χ4n) is 4.65. The molecule has 0 bridgehead atoms. The zero-order chi connectivity index (χ0) is 22.0. The Kier molecular flexibility index (Phi) is 6.41. The van der Waals surface area contributed by atoms with Gasteiger partial charge in [-0.2, -0.15) is 0 Å². The maximum Gasteiger partial charge on any atom is 0.338 e. The van der Waals surface area contributed by atoms with E-state index in [1.165, 1.54) is 5.56 Å². The topological polar surface area (TPSA) is 76.2 Å². The van der Waals surface area contributed by atoms with Crippen molar-refractivity contribution in [2.45, 2.75) is 58.1 Å². The van der Waals surface area contributed by atoms with Crippen molar-refractivity contribution in [2.24, 2.45) is 0 Å². The Bertz CT molecular complexity index is 923. The van der Waals surface area contributed by atoms with Gasteiger partial charge in [-0.15, -0.1) is 0 Å². The van der Waals surface area contributed by atoms with Crippen LogP contribution in [0.4, 0.5) is 0 Å². The number of carbonyl (C=O) groups is 3. The summed E-state index contributed by atoms with van der Waals surface area (Å²) in [4.78, 5) is 40.4.